The van der Waals surface area contributed by atoms with Gasteiger partial charge in [-0.1, -0.05) is 30.3 Å². The lowest BCUT2D eigenvalue weighted by Gasteiger charge is -2.26. The zero-order valence-corrected chi connectivity index (χ0v) is 18.7. The number of amides is 1. The van der Waals surface area contributed by atoms with Gasteiger partial charge in [0.1, 0.15) is 5.75 Å². The number of thiophene rings is 1. The fraction of sp³-hybridized carbons (Fsp3) is 0.227. The van der Waals surface area contributed by atoms with E-state index in [1.165, 1.54) is 23.5 Å². The van der Waals surface area contributed by atoms with Gasteiger partial charge in [0.15, 0.2) is 0 Å². The fourth-order valence-electron chi connectivity index (χ4n) is 3.06. The highest BCUT2D eigenvalue weighted by Gasteiger charge is 2.23. The van der Waals surface area contributed by atoms with Gasteiger partial charge in [-0.3, -0.25) is 4.79 Å². The molecule has 0 radical (unpaired) electrons. The third-order valence-corrected chi connectivity index (χ3v) is 7.17. The third-order valence-electron chi connectivity index (χ3n) is 4.90. The smallest absolute Gasteiger partial charge is 0.254 e. The van der Waals surface area contributed by atoms with Gasteiger partial charge in [0, 0.05) is 29.6 Å². The van der Waals surface area contributed by atoms with E-state index in [-0.39, 0.29) is 23.4 Å². The summed E-state index contributed by atoms with van der Waals surface area (Å²) in [5, 5.41) is 1.89. The van der Waals surface area contributed by atoms with E-state index >= 15 is 0 Å². The number of rotatable bonds is 8. The quantitative estimate of drug-likeness (QED) is 0.568. The SMILES string of the molecule is COc1ccccc1C(C)N(C)C(=O)c1cccc(S(=O)(=O)NCc2cccs2)c1. The number of ether oxygens (including phenoxy) is 1. The number of carbonyl (C=O) groups is 1. The maximum absolute atomic E-state index is 13.1. The molecule has 1 amide bonds. The van der Waals surface area contributed by atoms with Crippen LogP contribution >= 0.6 is 11.3 Å². The van der Waals surface area contributed by atoms with Gasteiger partial charge in [-0.15, -0.1) is 11.3 Å². The summed E-state index contributed by atoms with van der Waals surface area (Å²) in [6.45, 7) is 2.11. The van der Waals surface area contributed by atoms with Crippen molar-refractivity contribution in [3.05, 3.63) is 82.0 Å². The summed E-state index contributed by atoms with van der Waals surface area (Å²) in [7, 11) is -0.457. The number of nitrogens with zero attached hydrogens (tertiary/aromatic N) is 1. The molecule has 30 heavy (non-hydrogen) atoms. The van der Waals surface area contributed by atoms with E-state index in [9.17, 15) is 13.2 Å². The largest absolute Gasteiger partial charge is 0.496 e. The molecule has 0 aliphatic heterocycles. The van der Waals surface area contributed by atoms with Gasteiger partial charge >= 0.3 is 0 Å². The minimum absolute atomic E-state index is 0.0586. The maximum Gasteiger partial charge on any atom is 0.254 e. The molecule has 1 aromatic heterocycles. The molecule has 2 aromatic carbocycles. The van der Waals surface area contributed by atoms with Crippen molar-refractivity contribution < 1.29 is 17.9 Å². The van der Waals surface area contributed by atoms with E-state index in [2.05, 4.69) is 4.72 Å². The van der Waals surface area contributed by atoms with Crippen LogP contribution in [0.3, 0.4) is 0 Å². The van der Waals surface area contributed by atoms with Crippen molar-refractivity contribution in [3.63, 3.8) is 0 Å². The van der Waals surface area contributed by atoms with Crippen molar-refractivity contribution in [2.75, 3.05) is 14.2 Å². The monoisotopic (exact) mass is 444 g/mol. The topological polar surface area (TPSA) is 75.7 Å². The maximum atomic E-state index is 13.1. The van der Waals surface area contributed by atoms with Crippen molar-refractivity contribution in [2.24, 2.45) is 0 Å². The summed E-state index contributed by atoms with van der Waals surface area (Å²) in [6.07, 6.45) is 0. The van der Waals surface area contributed by atoms with Crippen LogP contribution in [0.15, 0.2) is 70.9 Å². The van der Waals surface area contributed by atoms with Gasteiger partial charge in [-0.25, -0.2) is 13.1 Å². The fourth-order valence-corrected chi connectivity index (χ4v) is 4.85. The number of benzene rings is 2. The highest BCUT2D eigenvalue weighted by Crippen LogP contribution is 2.29. The molecule has 3 rings (SSSR count). The Morgan fingerprint density at radius 1 is 1.13 bits per heavy atom. The predicted molar refractivity (Wildman–Crippen MR) is 118 cm³/mol. The van der Waals surface area contributed by atoms with Gasteiger partial charge in [-0.05, 0) is 42.6 Å². The number of methoxy groups -OCH3 is 1. The lowest BCUT2D eigenvalue weighted by Crippen LogP contribution is -2.30. The number of sulfonamides is 1. The molecule has 0 aliphatic rings. The summed E-state index contributed by atoms with van der Waals surface area (Å²) in [5.74, 6) is 0.419. The van der Waals surface area contributed by atoms with Crippen molar-refractivity contribution in [1.82, 2.24) is 9.62 Å². The van der Waals surface area contributed by atoms with Gasteiger partial charge in [0.05, 0.1) is 18.0 Å². The number of nitrogens with one attached hydrogen (secondary N) is 1. The second-order valence-corrected chi connectivity index (χ2v) is 9.56. The number of hydrogen-bond donors (Lipinski definition) is 1. The molecule has 0 aliphatic carbocycles. The summed E-state index contributed by atoms with van der Waals surface area (Å²) in [4.78, 5) is 15.6. The summed E-state index contributed by atoms with van der Waals surface area (Å²) < 4.78 is 33.3. The van der Waals surface area contributed by atoms with Crippen LogP contribution in [0.1, 0.15) is 33.8 Å². The first-order valence-electron chi connectivity index (χ1n) is 9.35. The standard InChI is InChI=1S/C22H24N2O4S2/c1-16(20-11-4-5-12-21(20)28-3)24(2)22(25)17-8-6-10-19(14-17)30(26,27)23-15-18-9-7-13-29-18/h4-14,16,23H,15H2,1-3H3. The predicted octanol–water partition coefficient (Wildman–Crippen LogP) is 4.07. The van der Waals surface area contributed by atoms with E-state index in [0.29, 0.717) is 11.3 Å². The van der Waals surface area contributed by atoms with Crippen LogP contribution in [0, 0.1) is 0 Å². The first kappa shape index (κ1) is 22.0. The molecule has 0 spiro atoms. The van der Waals surface area contributed by atoms with E-state index in [1.54, 1.807) is 31.2 Å². The molecule has 8 heteroatoms. The average molecular weight is 445 g/mol. The molecule has 1 N–H and O–H groups in total. The van der Waals surface area contributed by atoms with Crippen molar-refractivity contribution >= 4 is 27.3 Å². The first-order chi connectivity index (χ1) is 14.3. The number of hydrogen-bond acceptors (Lipinski definition) is 5. The van der Waals surface area contributed by atoms with Gasteiger partial charge in [-0.2, -0.15) is 0 Å². The Hall–Kier alpha value is -2.68. The average Bonchev–Trinajstić information content (AvgIpc) is 3.30. The van der Waals surface area contributed by atoms with Crippen molar-refractivity contribution in [3.8, 4) is 5.75 Å². The van der Waals surface area contributed by atoms with Crippen LogP contribution < -0.4 is 9.46 Å². The van der Waals surface area contributed by atoms with Gasteiger partial charge in [0.25, 0.3) is 5.91 Å². The van der Waals surface area contributed by atoms with E-state index in [4.69, 9.17) is 4.74 Å². The molecule has 1 heterocycles. The van der Waals surface area contributed by atoms with Crippen LogP contribution in [0.4, 0.5) is 0 Å². The number of carbonyl (C=O) groups excluding carboxylic acids is 1. The highest BCUT2D eigenvalue weighted by atomic mass is 32.2. The normalized spacial score (nSPS) is 12.4. The van der Waals surface area contributed by atoms with Crippen molar-refractivity contribution in [1.29, 1.82) is 0 Å². The zero-order chi connectivity index (χ0) is 21.7. The molecule has 0 saturated carbocycles. The molecule has 0 fully saturated rings. The summed E-state index contributed by atoms with van der Waals surface area (Å²) in [6, 6.07) is 17.1. The lowest BCUT2D eigenvalue weighted by atomic mass is 10.0. The Balaban J connectivity index is 1.79. The van der Waals surface area contributed by atoms with E-state index in [1.807, 2.05) is 48.7 Å². The van der Waals surface area contributed by atoms with E-state index in [0.717, 1.165) is 10.4 Å². The molecule has 3 aromatic rings. The molecule has 1 unspecified atom stereocenters. The van der Waals surface area contributed by atoms with Crippen LogP contribution in [0.25, 0.3) is 0 Å². The molecule has 6 nitrogen and oxygen atoms in total. The van der Waals surface area contributed by atoms with Crippen LogP contribution in [0.5, 0.6) is 5.75 Å². The molecular formula is C22H24N2O4S2. The first-order valence-corrected chi connectivity index (χ1v) is 11.7. The second-order valence-electron chi connectivity index (χ2n) is 6.77. The molecule has 158 valence electrons. The highest BCUT2D eigenvalue weighted by molar-refractivity contribution is 7.89. The zero-order valence-electron chi connectivity index (χ0n) is 17.0. The molecular weight excluding hydrogens is 420 g/mol. The second kappa shape index (κ2) is 9.42. The molecule has 0 saturated heterocycles. The minimum atomic E-state index is -3.74. The van der Waals surface area contributed by atoms with Crippen molar-refractivity contribution in [2.45, 2.75) is 24.4 Å². The summed E-state index contributed by atoms with van der Waals surface area (Å²) >= 11 is 1.48. The molecule has 1 atom stereocenters. The Kier molecular flexibility index (Phi) is 6.91. The summed E-state index contributed by atoms with van der Waals surface area (Å²) in [5.41, 5.74) is 1.18. The Labute approximate surface area is 181 Å². The van der Waals surface area contributed by atoms with Crippen LogP contribution in [-0.2, 0) is 16.6 Å². The number of para-hydroxylation sites is 1. The van der Waals surface area contributed by atoms with Crippen LogP contribution in [-0.4, -0.2) is 33.4 Å². The van der Waals surface area contributed by atoms with Crippen LogP contribution in [0.2, 0.25) is 0 Å². The Bertz CT molecular complexity index is 1110. The van der Waals surface area contributed by atoms with Gasteiger partial charge in [0.2, 0.25) is 10.0 Å². The lowest BCUT2D eigenvalue weighted by molar-refractivity contribution is 0.0741. The minimum Gasteiger partial charge on any atom is -0.496 e. The van der Waals surface area contributed by atoms with E-state index < -0.39 is 10.0 Å². The third kappa shape index (κ3) is 4.89. The van der Waals surface area contributed by atoms with Gasteiger partial charge < -0.3 is 9.64 Å². The Morgan fingerprint density at radius 3 is 2.60 bits per heavy atom. The Morgan fingerprint density at radius 2 is 1.90 bits per heavy atom. The molecule has 0 bridgehead atoms.